The third-order valence-electron chi connectivity index (χ3n) is 3.20. The molecule has 0 saturated heterocycles. The zero-order chi connectivity index (χ0) is 15.6. The number of hydrogen-bond donors (Lipinski definition) is 2. The van der Waals surface area contributed by atoms with E-state index in [2.05, 4.69) is 26.4 Å². The second-order valence-electron chi connectivity index (χ2n) is 5.04. The minimum atomic E-state index is 0.207. The minimum Gasteiger partial charge on any atom is -0.424 e. The SMILES string of the molecule is Cc1ccc(C)c(Oc2nc(NN)nc(N(C)C)n2)c1C. The van der Waals surface area contributed by atoms with Crippen LogP contribution in [0, 0.1) is 20.8 Å². The van der Waals surface area contributed by atoms with E-state index in [-0.39, 0.29) is 12.0 Å². The van der Waals surface area contributed by atoms with Crippen LogP contribution in [0.3, 0.4) is 0 Å². The number of aromatic nitrogens is 3. The number of benzene rings is 1. The van der Waals surface area contributed by atoms with Crippen molar-refractivity contribution in [3.63, 3.8) is 0 Å². The van der Waals surface area contributed by atoms with Crippen molar-refractivity contribution in [3.05, 3.63) is 28.8 Å². The molecule has 1 aromatic carbocycles. The topological polar surface area (TPSA) is 89.2 Å². The normalized spacial score (nSPS) is 10.4. The fraction of sp³-hybridized carbons (Fsp3) is 0.357. The number of aryl methyl sites for hydroxylation is 2. The van der Waals surface area contributed by atoms with Crippen LogP contribution in [-0.4, -0.2) is 29.0 Å². The Morgan fingerprint density at radius 3 is 2.33 bits per heavy atom. The van der Waals surface area contributed by atoms with Crippen LogP contribution in [0.25, 0.3) is 0 Å². The molecule has 3 N–H and O–H groups in total. The Kier molecular flexibility index (Phi) is 4.23. The van der Waals surface area contributed by atoms with Gasteiger partial charge in [0.15, 0.2) is 0 Å². The predicted octanol–water partition coefficient (Wildman–Crippen LogP) is 1.94. The number of hydrazine groups is 1. The van der Waals surface area contributed by atoms with E-state index >= 15 is 0 Å². The van der Waals surface area contributed by atoms with E-state index in [0.29, 0.717) is 5.95 Å². The van der Waals surface area contributed by atoms with E-state index in [9.17, 15) is 0 Å². The zero-order valence-electron chi connectivity index (χ0n) is 12.9. The molecule has 0 aliphatic rings. The summed E-state index contributed by atoms with van der Waals surface area (Å²) in [6.45, 7) is 6.03. The summed E-state index contributed by atoms with van der Waals surface area (Å²) in [6.07, 6.45) is 0. The maximum Gasteiger partial charge on any atom is 0.328 e. The van der Waals surface area contributed by atoms with Gasteiger partial charge in [-0.1, -0.05) is 12.1 Å². The molecular formula is C14H20N6O. The molecule has 0 saturated carbocycles. The summed E-state index contributed by atoms with van der Waals surface area (Å²) in [4.78, 5) is 14.3. The lowest BCUT2D eigenvalue weighted by Crippen LogP contribution is -2.17. The number of nitrogen functional groups attached to an aromatic ring is 1. The highest BCUT2D eigenvalue weighted by Crippen LogP contribution is 2.29. The van der Waals surface area contributed by atoms with E-state index < -0.39 is 0 Å². The summed E-state index contributed by atoms with van der Waals surface area (Å²) in [7, 11) is 3.67. The second kappa shape index (κ2) is 5.92. The van der Waals surface area contributed by atoms with Crippen LogP contribution in [-0.2, 0) is 0 Å². The van der Waals surface area contributed by atoms with E-state index in [0.717, 1.165) is 22.4 Å². The number of nitrogens with one attached hydrogen (secondary N) is 1. The molecular weight excluding hydrogens is 268 g/mol. The van der Waals surface area contributed by atoms with Crippen molar-refractivity contribution >= 4 is 11.9 Å². The molecule has 112 valence electrons. The highest BCUT2D eigenvalue weighted by Gasteiger charge is 2.13. The Labute approximate surface area is 124 Å². The standard InChI is InChI=1S/C14H20N6O/c1-8-6-7-9(2)11(10(8)3)21-14-17-12(19-15)16-13(18-14)20(4)5/h6-7H,15H2,1-5H3,(H,16,17,18,19). The molecule has 1 aromatic heterocycles. The fourth-order valence-electron chi connectivity index (χ4n) is 1.83. The van der Waals surface area contributed by atoms with Gasteiger partial charge in [0.05, 0.1) is 0 Å². The number of anilines is 2. The van der Waals surface area contributed by atoms with Crippen molar-refractivity contribution in [1.82, 2.24) is 15.0 Å². The fourth-order valence-corrected chi connectivity index (χ4v) is 1.83. The monoisotopic (exact) mass is 288 g/mol. The van der Waals surface area contributed by atoms with Crippen LogP contribution in [0.2, 0.25) is 0 Å². The maximum absolute atomic E-state index is 5.87. The second-order valence-corrected chi connectivity index (χ2v) is 5.04. The van der Waals surface area contributed by atoms with Crippen LogP contribution < -0.4 is 20.9 Å². The van der Waals surface area contributed by atoms with Gasteiger partial charge in [0.2, 0.25) is 11.9 Å². The van der Waals surface area contributed by atoms with Crippen LogP contribution in [0.4, 0.5) is 11.9 Å². The van der Waals surface area contributed by atoms with Gasteiger partial charge in [-0.15, -0.1) is 0 Å². The van der Waals surface area contributed by atoms with Gasteiger partial charge < -0.3 is 9.64 Å². The third kappa shape index (κ3) is 3.19. The van der Waals surface area contributed by atoms with Gasteiger partial charge in [0.1, 0.15) is 5.75 Å². The molecule has 0 bridgehead atoms. The molecule has 0 aliphatic carbocycles. The summed E-state index contributed by atoms with van der Waals surface area (Å²) < 4.78 is 5.87. The van der Waals surface area contributed by atoms with Gasteiger partial charge in [-0.3, -0.25) is 5.43 Å². The van der Waals surface area contributed by atoms with Crippen molar-refractivity contribution in [2.45, 2.75) is 20.8 Å². The average Bonchev–Trinajstić information content (AvgIpc) is 2.47. The molecule has 0 amide bonds. The van der Waals surface area contributed by atoms with Gasteiger partial charge in [-0.2, -0.15) is 15.0 Å². The molecule has 0 radical (unpaired) electrons. The van der Waals surface area contributed by atoms with Crippen LogP contribution in [0.1, 0.15) is 16.7 Å². The first-order valence-electron chi connectivity index (χ1n) is 6.57. The van der Waals surface area contributed by atoms with Crippen molar-refractivity contribution in [1.29, 1.82) is 0 Å². The summed E-state index contributed by atoms with van der Waals surface area (Å²) in [5.74, 6) is 6.87. The van der Waals surface area contributed by atoms with Gasteiger partial charge in [0, 0.05) is 14.1 Å². The summed E-state index contributed by atoms with van der Waals surface area (Å²) >= 11 is 0. The Bertz CT molecular complexity index is 656. The molecule has 2 rings (SSSR count). The molecule has 7 nitrogen and oxygen atoms in total. The van der Waals surface area contributed by atoms with Crippen LogP contribution in [0.15, 0.2) is 12.1 Å². The molecule has 0 atom stereocenters. The molecule has 2 aromatic rings. The van der Waals surface area contributed by atoms with Crippen molar-refractivity contribution in [2.24, 2.45) is 5.84 Å². The quantitative estimate of drug-likeness (QED) is 0.656. The molecule has 0 fully saturated rings. The van der Waals surface area contributed by atoms with Gasteiger partial charge >= 0.3 is 6.01 Å². The van der Waals surface area contributed by atoms with E-state index in [1.165, 1.54) is 0 Å². The lowest BCUT2D eigenvalue weighted by atomic mass is 10.1. The first kappa shape index (κ1) is 15.0. The predicted molar refractivity (Wildman–Crippen MR) is 82.7 cm³/mol. The summed E-state index contributed by atoms with van der Waals surface area (Å²) in [6, 6.07) is 4.27. The van der Waals surface area contributed by atoms with Gasteiger partial charge in [-0.25, -0.2) is 5.84 Å². The van der Waals surface area contributed by atoms with Gasteiger partial charge in [-0.05, 0) is 37.5 Å². The number of rotatable bonds is 4. The summed E-state index contributed by atoms with van der Waals surface area (Å²) in [5.41, 5.74) is 5.65. The Morgan fingerprint density at radius 2 is 1.71 bits per heavy atom. The molecule has 1 heterocycles. The Balaban J connectivity index is 2.44. The van der Waals surface area contributed by atoms with Crippen molar-refractivity contribution in [3.8, 4) is 11.8 Å². The Morgan fingerprint density at radius 1 is 1.05 bits per heavy atom. The lowest BCUT2D eigenvalue weighted by Gasteiger charge is -2.15. The van der Waals surface area contributed by atoms with Crippen LogP contribution in [0.5, 0.6) is 11.8 Å². The first-order valence-corrected chi connectivity index (χ1v) is 6.57. The van der Waals surface area contributed by atoms with E-state index in [4.69, 9.17) is 10.6 Å². The van der Waals surface area contributed by atoms with Crippen molar-refractivity contribution in [2.75, 3.05) is 24.4 Å². The number of ether oxygens (including phenoxy) is 1. The minimum absolute atomic E-state index is 0.207. The number of hydrogen-bond acceptors (Lipinski definition) is 7. The molecule has 0 spiro atoms. The van der Waals surface area contributed by atoms with E-state index in [1.54, 1.807) is 4.90 Å². The smallest absolute Gasteiger partial charge is 0.328 e. The lowest BCUT2D eigenvalue weighted by molar-refractivity contribution is 0.434. The van der Waals surface area contributed by atoms with Crippen molar-refractivity contribution < 1.29 is 4.74 Å². The summed E-state index contributed by atoms with van der Waals surface area (Å²) in [5, 5.41) is 0. The highest BCUT2D eigenvalue weighted by molar-refractivity contribution is 5.46. The zero-order valence-corrected chi connectivity index (χ0v) is 12.9. The van der Waals surface area contributed by atoms with Crippen LogP contribution >= 0.6 is 0 Å². The largest absolute Gasteiger partial charge is 0.424 e. The third-order valence-corrected chi connectivity index (χ3v) is 3.20. The first-order chi connectivity index (χ1) is 9.92. The van der Waals surface area contributed by atoms with Gasteiger partial charge in [0.25, 0.3) is 0 Å². The maximum atomic E-state index is 5.87. The Hall–Kier alpha value is -2.41. The highest BCUT2D eigenvalue weighted by atomic mass is 16.5. The average molecular weight is 288 g/mol. The van der Waals surface area contributed by atoms with E-state index in [1.807, 2.05) is 40.9 Å². The number of nitrogens with zero attached hydrogens (tertiary/aromatic N) is 4. The molecule has 21 heavy (non-hydrogen) atoms. The number of nitrogens with two attached hydrogens (primary N) is 1. The molecule has 0 unspecified atom stereocenters. The molecule has 0 aliphatic heterocycles. The molecule has 7 heteroatoms.